The van der Waals surface area contributed by atoms with Gasteiger partial charge < -0.3 is 9.84 Å². The molecule has 0 spiro atoms. The lowest BCUT2D eigenvalue weighted by molar-refractivity contribution is 0.165. The van der Waals surface area contributed by atoms with Gasteiger partial charge in [0.05, 0.1) is 13.3 Å². The summed E-state index contributed by atoms with van der Waals surface area (Å²) in [5.41, 5.74) is 0.735. The maximum absolute atomic E-state index is 9.92. The standard InChI is InChI=1S/C11H18N2O2/c1-4-6-9(14)11-10(15-3)8-12-13(11)7-5-2/h4,8-9,14H,1,5-7H2,2-3H3. The van der Waals surface area contributed by atoms with E-state index < -0.39 is 6.10 Å². The molecule has 84 valence electrons. The van der Waals surface area contributed by atoms with Crippen LogP contribution in [0.1, 0.15) is 31.6 Å². The number of methoxy groups -OCH3 is 1. The number of aryl methyl sites for hydroxylation is 1. The predicted molar refractivity (Wildman–Crippen MR) is 58.8 cm³/mol. The smallest absolute Gasteiger partial charge is 0.162 e. The number of rotatable bonds is 6. The van der Waals surface area contributed by atoms with Crippen LogP contribution in [0.5, 0.6) is 5.75 Å². The second kappa shape index (κ2) is 5.56. The van der Waals surface area contributed by atoms with Gasteiger partial charge in [0.2, 0.25) is 0 Å². The second-order valence-electron chi connectivity index (χ2n) is 3.36. The molecular weight excluding hydrogens is 192 g/mol. The first-order valence-electron chi connectivity index (χ1n) is 5.13. The predicted octanol–water partition coefficient (Wildman–Crippen LogP) is 1.91. The van der Waals surface area contributed by atoms with E-state index in [0.29, 0.717) is 12.2 Å². The summed E-state index contributed by atoms with van der Waals surface area (Å²) in [6.45, 7) is 6.46. The lowest BCUT2D eigenvalue weighted by Crippen LogP contribution is -2.09. The van der Waals surface area contributed by atoms with Crippen LogP contribution in [0.25, 0.3) is 0 Å². The van der Waals surface area contributed by atoms with Crippen LogP contribution in [0.3, 0.4) is 0 Å². The first kappa shape index (κ1) is 11.8. The lowest BCUT2D eigenvalue weighted by Gasteiger charge is -2.12. The topological polar surface area (TPSA) is 47.3 Å². The minimum absolute atomic E-state index is 0.506. The number of nitrogens with zero attached hydrogens (tertiary/aromatic N) is 2. The molecule has 0 amide bonds. The molecule has 0 radical (unpaired) electrons. The van der Waals surface area contributed by atoms with E-state index in [-0.39, 0.29) is 0 Å². The molecule has 1 N–H and O–H groups in total. The molecule has 0 fully saturated rings. The molecule has 0 saturated carbocycles. The van der Waals surface area contributed by atoms with Crippen molar-refractivity contribution in [3.05, 3.63) is 24.5 Å². The van der Waals surface area contributed by atoms with Crippen molar-refractivity contribution in [2.24, 2.45) is 0 Å². The Morgan fingerprint density at radius 1 is 1.73 bits per heavy atom. The fourth-order valence-electron chi connectivity index (χ4n) is 1.53. The van der Waals surface area contributed by atoms with Crippen molar-refractivity contribution in [1.82, 2.24) is 9.78 Å². The summed E-state index contributed by atoms with van der Waals surface area (Å²) >= 11 is 0. The molecule has 1 aromatic heterocycles. The van der Waals surface area contributed by atoms with Gasteiger partial charge in [-0.1, -0.05) is 13.0 Å². The Morgan fingerprint density at radius 3 is 3.00 bits per heavy atom. The summed E-state index contributed by atoms with van der Waals surface area (Å²) in [4.78, 5) is 0. The Kier molecular flexibility index (Phi) is 4.37. The third kappa shape index (κ3) is 2.59. The van der Waals surface area contributed by atoms with E-state index in [1.54, 1.807) is 24.1 Å². The number of aliphatic hydroxyl groups excluding tert-OH is 1. The van der Waals surface area contributed by atoms with Crippen molar-refractivity contribution in [2.75, 3.05) is 7.11 Å². The zero-order chi connectivity index (χ0) is 11.3. The highest BCUT2D eigenvalue weighted by Gasteiger charge is 2.18. The fourth-order valence-corrected chi connectivity index (χ4v) is 1.53. The molecule has 1 aromatic rings. The van der Waals surface area contributed by atoms with Crippen LogP contribution in [0.2, 0.25) is 0 Å². The monoisotopic (exact) mass is 210 g/mol. The van der Waals surface area contributed by atoms with Crippen molar-refractivity contribution in [1.29, 1.82) is 0 Å². The van der Waals surface area contributed by atoms with Gasteiger partial charge >= 0.3 is 0 Å². The van der Waals surface area contributed by atoms with Crippen molar-refractivity contribution in [2.45, 2.75) is 32.4 Å². The van der Waals surface area contributed by atoms with E-state index in [1.165, 1.54) is 0 Å². The molecule has 1 heterocycles. The van der Waals surface area contributed by atoms with Crippen LogP contribution in [-0.4, -0.2) is 22.0 Å². The van der Waals surface area contributed by atoms with Gasteiger partial charge in [0.15, 0.2) is 5.75 Å². The van der Waals surface area contributed by atoms with E-state index in [0.717, 1.165) is 18.7 Å². The highest BCUT2D eigenvalue weighted by molar-refractivity contribution is 5.27. The number of ether oxygens (including phenoxy) is 1. The minimum atomic E-state index is -0.591. The normalized spacial score (nSPS) is 12.5. The second-order valence-corrected chi connectivity index (χ2v) is 3.36. The Balaban J connectivity index is 2.97. The Hall–Kier alpha value is -1.29. The average Bonchev–Trinajstić information content (AvgIpc) is 2.62. The number of aliphatic hydroxyl groups is 1. The zero-order valence-electron chi connectivity index (χ0n) is 9.31. The molecule has 0 saturated heterocycles. The molecule has 1 rings (SSSR count). The SMILES string of the molecule is C=CCC(O)c1c(OC)cnn1CCC. The molecule has 0 bridgehead atoms. The first-order valence-corrected chi connectivity index (χ1v) is 5.13. The van der Waals surface area contributed by atoms with Crippen molar-refractivity contribution < 1.29 is 9.84 Å². The molecule has 0 aliphatic carbocycles. The molecule has 0 aliphatic heterocycles. The van der Waals surface area contributed by atoms with Crippen LogP contribution < -0.4 is 4.74 Å². The summed E-state index contributed by atoms with van der Waals surface area (Å²) < 4.78 is 6.95. The summed E-state index contributed by atoms with van der Waals surface area (Å²) in [6, 6.07) is 0. The number of hydrogen-bond donors (Lipinski definition) is 1. The summed E-state index contributed by atoms with van der Waals surface area (Å²) in [5.74, 6) is 0.637. The highest BCUT2D eigenvalue weighted by Crippen LogP contribution is 2.27. The van der Waals surface area contributed by atoms with Crippen molar-refractivity contribution >= 4 is 0 Å². The molecule has 1 unspecified atom stereocenters. The van der Waals surface area contributed by atoms with Crippen molar-refractivity contribution in [3.63, 3.8) is 0 Å². The van der Waals surface area contributed by atoms with E-state index in [1.807, 2.05) is 0 Å². The molecule has 4 nitrogen and oxygen atoms in total. The largest absolute Gasteiger partial charge is 0.493 e. The maximum Gasteiger partial charge on any atom is 0.162 e. The van der Waals surface area contributed by atoms with Gasteiger partial charge in [-0.2, -0.15) is 5.10 Å². The van der Waals surface area contributed by atoms with Gasteiger partial charge in [0.1, 0.15) is 11.8 Å². The van der Waals surface area contributed by atoms with Crippen LogP contribution in [0, 0.1) is 0 Å². The summed E-state index contributed by atoms with van der Waals surface area (Å²) in [5, 5.41) is 14.1. The van der Waals surface area contributed by atoms with Gasteiger partial charge in [0, 0.05) is 6.54 Å². The van der Waals surface area contributed by atoms with Gasteiger partial charge in [-0.15, -0.1) is 6.58 Å². The Bertz CT molecular complexity index is 320. The fraction of sp³-hybridized carbons (Fsp3) is 0.545. The van der Waals surface area contributed by atoms with Crippen LogP contribution >= 0.6 is 0 Å². The molecule has 4 heteroatoms. The van der Waals surface area contributed by atoms with E-state index >= 15 is 0 Å². The van der Waals surface area contributed by atoms with Crippen LogP contribution in [-0.2, 0) is 6.54 Å². The van der Waals surface area contributed by atoms with E-state index in [4.69, 9.17) is 4.74 Å². The molecule has 15 heavy (non-hydrogen) atoms. The summed E-state index contributed by atoms with van der Waals surface area (Å²) in [7, 11) is 1.58. The van der Waals surface area contributed by atoms with E-state index in [2.05, 4.69) is 18.6 Å². The lowest BCUT2D eigenvalue weighted by atomic mass is 10.1. The van der Waals surface area contributed by atoms with Crippen molar-refractivity contribution in [3.8, 4) is 5.75 Å². The number of aromatic nitrogens is 2. The Morgan fingerprint density at radius 2 is 2.47 bits per heavy atom. The van der Waals surface area contributed by atoms with E-state index in [9.17, 15) is 5.11 Å². The minimum Gasteiger partial charge on any atom is -0.493 e. The quantitative estimate of drug-likeness (QED) is 0.730. The molecule has 1 atom stereocenters. The molecule has 0 aromatic carbocycles. The van der Waals surface area contributed by atoms with Gasteiger partial charge in [0.25, 0.3) is 0 Å². The maximum atomic E-state index is 9.92. The van der Waals surface area contributed by atoms with Crippen LogP contribution in [0.15, 0.2) is 18.9 Å². The summed E-state index contributed by atoms with van der Waals surface area (Å²) in [6.07, 6.45) is 4.21. The van der Waals surface area contributed by atoms with Gasteiger partial charge in [-0.3, -0.25) is 4.68 Å². The van der Waals surface area contributed by atoms with Gasteiger partial charge in [-0.25, -0.2) is 0 Å². The average molecular weight is 210 g/mol. The third-order valence-corrected chi connectivity index (χ3v) is 2.21. The first-order chi connectivity index (χ1) is 7.24. The number of hydrogen-bond acceptors (Lipinski definition) is 3. The van der Waals surface area contributed by atoms with Gasteiger partial charge in [-0.05, 0) is 12.8 Å². The zero-order valence-corrected chi connectivity index (χ0v) is 9.31. The Labute approximate surface area is 90.2 Å². The van der Waals surface area contributed by atoms with Crippen LogP contribution in [0.4, 0.5) is 0 Å². The third-order valence-electron chi connectivity index (χ3n) is 2.21. The highest BCUT2D eigenvalue weighted by atomic mass is 16.5. The molecule has 0 aliphatic rings. The molecular formula is C11H18N2O2.